The molecule has 0 unspecified atom stereocenters. The van der Waals surface area contributed by atoms with E-state index in [4.69, 9.17) is 23.2 Å². The van der Waals surface area contributed by atoms with E-state index in [1.807, 2.05) is 31.3 Å². The van der Waals surface area contributed by atoms with Crippen molar-refractivity contribution >= 4 is 23.2 Å². The van der Waals surface area contributed by atoms with Crippen molar-refractivity contribution < 1.29 is 0 Å². The van der Waals surface area contributed by atoms with Gasteiger partial charge in [0.2, 0.25) is 0 Å². The summed E-state index contributed by atoms with van der Waals surface area (Å²) in [4.78, 5) is 0. The van der Waals surface area contributed by atoms with Gasteiger partial charge in [-0.2, -0.15) is 0 Å². The van der Waals surface area contributed by atoms with E-state index in [0.717, 1.165) is 29.7 Å². The number of fused-ring (bicyclic) bond motifs is 3. The van der Waals surface area contributed by atoms with Crippen molar-refractivity contribution in [2.24, 2.45) is 0 Å². The standard InChI is InChI=1S/C18H20Cl2N2/c1-3-22-11-18(10-21-2)16-12(6-4-8-14(16)19)13-7-5-9-15(20)17(13)18/h4-9,21-22H,3,10-11H2,1-2H3. The van der Waals surface area contributed by atoms with E-state index in [9.17, 15) is 0 Å². The normalized spacial score (nSPS) is 14.7. The second-order valence-electron chi connectivity index (χ2n) is 5.72. The molecule has 2 aromatic rings. The molecule has 0 aromatic heterocycles. The quantitative estimate of drug-likeness (QED) is 0.860. The average molecular weight is 335 g/mol. The maximum atomic E-state index is 6.61. The average Bonchev–Trinajstić information content (AvgIpc) is 2.79. The van der Waals surface area contributed by atoms with Crippen molar-refractivity contribution in [3.05, 3.63) is 57.6 Å². The third kappa shape index (κ3) is 2.26. The molecular formula is C18H20Cl2N2. The fourth-order valence-electron chi connectivity index (χ4n) is 3.65. The molecule has 22 heavy (non-hydrogen) atoms. The van der Waals surface area contributed by atoms with E-state index >= 15 is 0 Å². The predicted octanol–water partition coefficient (Wildman–Crippen LogP) is 4.09. The molecule has 0 saturated carbocycles. The predicted molar refractivity (Wildman–Crippen MR) is 95.1 cm³/mol. The molecule has 0 spiro atoms. The summed E-state index contributed by atoms with van der Waals surface area (Å²) < 4.78 is 0. The summed E-state index contributed by atoms with van der Waals surface area (Å²) in [6.07, 6.45) is 0. The lowest BCUT2D eigenvalue weighted by Crippen LogP contribution is -2.45. The molecule has 0 atom stereocenters. The minimum Gasteiger partial charge on any atom is -0.318 e. The highest BCUT2D eigenvalue weighted by Gasteiger charge is 2.45. The molecule has 3 rings (SSSR count). The minimum absolute atomic E-state index is 0.244. The number of hydrogen-bond donors (Lipinski definition) is 2. The maximum absolute atomic E-state index is 6.61. The molecule has 0 aliphatic heterocycles. The van der Waals surface area contributed by atoms with Crippen LogP contribution >= 0.6 is 23.2 Å². The van der Waals surface area contributed by atoms with Crippen molar-refractivity contribution in [2.45, 2.75) is 12.3 Å². The van der Waals surface area contributed by atoms with Gasteiger partial charge in [-0.15, -0.1) is 0 Å². The first-order valence-electron chi connectivity index (χ1n) is 7.59. The Morgan fingerprint density at radius 3 is 1.91 bits per heavy atom. The fourth-order valence-corrected chi connectivity index (χ4v) is 4.36. The second kappa shape index (κ2) is 6.21. The highest BCUT2D eigenvalue weighted by Crippen LogP contribution is 2.53. The fraction of sp³-hybridized carbons (Fsp3) is 0.333. The second-order valence-corrected chi connectivity index (χ2v) is 6.53. The van der Waals surface area contributed by atoms with E-state index in [-0.39, 0.29) is 5.41 Å². The summed E-state index contributed by atoms with van der Waals surface area (Å²) in [6.45, 7) is 4.61. The Kier molecular flexibility index (Phi) is 4.47. The van der Waals surface area contributed by atoms with Crippen LogP contribution in [-0.2, 0) is 5.41 Å². The Bertz CT molecular complexity index is 646. The molecule has 0 radical (unpaired) electrons. The number of benzene rings is 2. The lowest BCUT2D eigenvalue weighted by atomic mass is 9.77. The van der Waals surface area contributed by atoms with Gasteiger partial charge in [0, 0.05) is 28.5 Å². The summed E-state index contributed by atoms with van der Waals surface area (Å²) in [5.74, 6) is 0. The van der Waals surface area contributed by atoms with Crippen molar-refractivity contribution in [3.8, 4) is 11.1 Å². The largest absolute Gasteiger partial charge is 0.318 e. The molecule has 0 fully saturated rings. The van der Waals surface area contributed by atoms with Gasteiger partial charge in [0.15, 0.2) is 0 Å². The highest BCUT2D eigenvalue weighted by molar-refractivity contribution is 6.34. The van der Waals surface area contributed by atoms with Crippen LogP contribution in [0, 0.1) is 0 Å². The van der Waals surface area contributed by atoms with E-state index in [1.54, 1.807) is 0 Å². The SMILES string of the molecule is CCNCC1(CNC)c2c(Cl)cccc2-c2cccc(Cl)c21. The van der Waals surface area contributed by atoms with Crippen molar-refractivity contribution in [1.29, 1.82) is 0 Å². The molecule has 0 saturated heterocycles. The van der Waals surface area contributed by atoms with Gasteiger partial charge in [0.25, 0.3) is 0 Å². The zero-order chi connectivity index (χ0) is 15.7. The van der Waals surface area contributed by atoms with E-state index in [0.29, 0.717) is 0 Å². The Morgan fingerprint density at radius 2 is 1.45 bits per heavy atom. The van der Waals surface area contributed by atoms with Crippen LogP contribution in [0.2, 0.25) is 10.0 Å². The van der Waals surface area contributed by atoms with Crippen molar-refractivity contribution in [1.82, 2.24) is 10.6 Å². The van der Waals surface area contributed by atoms with Crippen LogP contribution in [0.15, 0.2) is 36.4 Å². The van der Waals surface area contributed by atoms with Gasteiger partial charge in [-0.1, -0.05) is 54.4 Å². The molecule has 2 N–H and O–H groups in total. The lowest BCUT2D eigenvalue weighted by molar-refractivity contribution is 0.460. The minimum atomic E-state index is -0.244. The summed E-state index contributed by atoms with van der Waals surface area (Å²) in [7, 11) is 1.97. The smallest absolute Gasteiger partial charge is 0.0493 e. The van der Waals surface area contributed by atoms with Crippen LogP contribution in [0.5, 0.6) is 0 Å². The Labute approximate surface area is 141 Å². The van der Waals surface area contributed by atoms with Crippen molar-refractivity contribution in [2.75, 3.05) is 26.7 Å². The molecule has 4 heteroatoms. The topological polar surface area (TPSA) is 24.1 Å². The Hall–Kier alpha value is -1.06. The third-order valence-corrected chi connectivity index (χ3v) is 5.06. The molecule has 2 nitrogen and oxygen atoms in total. The third-order valence-electron chi connectivity index (χ3n) is 4.43. The van der Waals surface area contributed by atoms with Crippen LogP contribution in [0.3, 0.4) is 0 Å². The first-order valence-corrected chi connectivity index (χ1v) is 8.35. The molecule has 0 heterocycles. The van der Waals surface area contributed by atoms with Crippen LogP contribution in [0.4, 0.5) is 0 Å². The van der Waals surface area contributed by atoms with Crippen LogP contribution in [0.25, 0.3) is 11.1 Å². The zero-order valence-electron chi connectivity index (χ0n) is 12.8. The van der Waals surface area contributed by atoms with Gasteiger partial charge in [0.05, 0.1) is 0 Å². The molecule has 0 amide bonds. The van der Waals surface area contributed by atoms with Crippen molar-refractivity contribution in [3.63, 3.8) is 0 Å². The van der Waals surface area contributed by atoms with Gasteiger partial charge < -0.3 is 10.6 Å². The van der Waals surface area contributed by atoms with E-state index < -0.39 is 0 Å². The summed E-state index contributed by atoms with van der Waals surface area (Å²) in [5, 5.41) is 8.44. The molecule has 1 aliphatic carbocycles. The van der Waals surface area contributed by atoms with Gasteiger partial charge >= 0.3 is 0 Å². The van der Waals surface area contributed by atoms with Crippen LogP contribution < -0.4 is 10.6 Å². The number of halogens is 2. The Morgan fingerprint density at radius 1 is 0.909 bits per heavy atom. The first kappa shape index (κ1) is 15.8. The number of hydrogen-bond acceptors (Lipinski definition) is 2. The van der Waals surface area contributed by atoms with E-state index in [1.165, 1.54) is 22.3 Å². The summed E-state index contributed by atoms with van der Waals surface area (Å²) >= 11 is 13.2. The van der Waals surface area contributed by atoms with E-state index in [2.05, 4.69) is 29.7 Å². The molecule has 1 aliphatic rings. The molecular weight excluding hydrogens is 315 g/mol. The van der Waals surface area contributed by atoms with Crippen LogP contribution in [-0.4, -0.2) is 26.7 Å². The highest BCUT2D eigenvalue weighted by atomic mass is 35.5. The molecule has 2 aromatic carbocycles. The summed E-state index contributed by atoms with van der Waals surface area (Å²) in [5.41, 5.74) is 4.49. The number of rotatable bonds is 5. The zero-order valence-corrected chi connectivity index (χ0v) is 14.4. The first-order chi connectivity index (χ1) is 10.7. The summed E-state index contributed by atoms with van der Waals surface area (Å²) in [6, 6.07) is 12.2. The van der Waals surface area contributed by atoms with Gasteiger partial charge in [-0.05, 0) is 48.0 Å². The molecule has 116 valence electrons. The number of likely N-dealkylation sites (N-methyl/N-ethyl adjacent to an activating group) is 2. The van der Waals surface area contributed by atoms with Gasteiger partial charge in [-0.25, -0.2) is 0 Å². The molecule has 0 bridgehead atoms. The maximum Gasteiger partial charge on any atom is 0.0493 e. The lowest BCUT2D eigenvalue weighted by Gasteiger charge is -2.33. The monoisotopic (exact) mass is 334 g/mol. The van der Waals surface area contributed by atoms with Gasteiger partial charge in [0.1, 0.15) is 0 Å². The van der Waals surface area contributed by atoms with Crippen LogP contribution in [0.1, 0.15) is 18.1 Å². The number of nitrogens with one attached hydrogen (secondary N) is 2. The Balaban J connectivity index is 2.33. The van der Waals surface area contributed by atoms with Gasteiger partial charge in [-0.3, -0.25) is 0 Å².